The van der Waals surface area contributed by atoms with E-state index in [1.165, 1.54) is 22.8 Å². The zero-order valence-corrected chi connectivity index (χ0v) is 19.7. The SMILES string of the molecule is CCn1nc(C(=O)N=NC(=O)c2ccc3c(O)n(Cc4ccccc4)c(O)c3c2)c2ccccc2c1=O. The Morgan fingerprint density at radius 1 is 0.811 bits per heavy atom. The molecule has 0 spiro atoms. The standard InChI is InChI=1S/C27H21N5O5/c1-2-32-27(37)19-11-7-6-10-18(19)22(30-32)24(34)29-28-23(33)17-12-13-20-21(14-17)26(36)31(25(20)35)15-16-8-4-3-5-9-16/h3-14,35-36H,2,15H2,1H3. The van der Waals surface area contributed by atoms with E-state index in [2.05, 4.69) is 15.3 Å². The quantitative estimate of drug-likeness (QED) is 0.349. The van der Waals surface area contributed by atoms with Crippen molar-refractivity contribution >= 4 is 33.4 Å². The fourth-order valence-electron chi connectivity index (χ4n) is 4.17. The van der Waals surface area contributed by atoms with Gasteiger partial charge in [-0.15, -0.1) is 10.2 Å². The Morgan fingerprint density at radius 2 is 1.46 bits per heavy atom. The third-order valence-corrected chi connectivity index (χ3v) is 6.04. The summed E-state index contributed by atoms with van der Waals surface area (Å²) in [5, 5.41) is 33.8. The number of aromatic hydroxyl groups is 2. The second-order valence-electron chi connectivity index (χ2n) is 8.30. The highest BCUT2D eigenvalue weighted by Gasteiger charge is 2.19. The largest absolute Gasteiger partial charge is 0.494 e. The molecule has 0 radical (unpaired) electrons. The van der Waals surface area contributed by atoms with Crippen molar-refractivity contribution in [2.45, 2.75) is 20.0 Å². The van der Waals surface area contributed by atoms with Gasteiger partial charge in [-0.1, -0.05) is 48.5 Å². The van der Waals surface area contributed by atoms with Crippen LogP contribution in [0.3, 0.4) is 0 Å². The molecule has 0 atom stereocenters. The van der Waals surface area contributed by atoms with Crippen LogP contribution in [0.15, 0.2) is 87.8 Å². The number of hydrogen-bond acceptors (Lipinski definition) is 6. The Balaban J connectivity index is 1.45. The smallest absolute Gasteiger partial charge is 0.316 e. The van der Waals surface area contributed by atoms with Crippen LogP contribution in [0.1, 0.15) is 33.3 Å². The molecule has 3 aromatic carbocycles. The minimum atomic E-state index is -0.873. The lowest BCUT2D eigenvalue weighted by Gasteiger charge is -2.06. The number of rotatable bonds is 5. The van der Waals surface area contributed by atoms with Crippen molar-refractivity contribution in [1.29, 1.82) is 0 Å². The first-order valence-electron chi connectivity index (χ1n) is 11.5. The molecule has 5 rings (SSSR count). The normalized spacial score (nSPS) is 11.5. The average molecular weight is 495 g/mol. The summed E-state index contributed by atoms with van der Waals surface area (Å²) in [4.78, 5) is 38.0. The third-order valence-electron chi connectivity index (χ3n) is 6.04. The Morgan fingerprint density at radius 3 is 2.19 bits per heavy atom. The topological polar surface area (TPSA) is 139 Å². The van der Waals surface area contributed by atoms with Crippen molar-refractivity contribution in [3.05, 3.63) is 100.0 Å². The van der Waals surface area contributed by atoms with E-state index in [0.717, 1.165) is 10.2 Å². The summed E-state index contributed by atoms with van der Waals surface area (Å²) < 4.78 is 2.48. The molecule has 0 saturated carbocycles. The first kappa shape index (κ1) is 23.6. The van der Waals surface area contributed by atoms with E-state index in [4.69, 9.17) is 0 Å². The molecule has 0 bridgehead atoms. The maximum absolute atomic E-state index is 12.8. The van der Waals surface area contributed by atoms with E-state index in [0.29, 0.717) is 16.2 Å². The summed E-state index contributed by atoms with van der Waals surface area (Å²) >= 11 is 0. The van der Waals surface area contributed by atoms with E-state index in [1.54, 1.807) is 31.2 Å². The zero-order valence-electron chi connectivity index (χ0n) is 19.7. The number of fused-ring (bicyclic) bond motifs is 2. The highest BCUT2D eigenvalue weighted by Crippen LogP contribution is 2.37. The van der Waals surface area contributed by atoms with Crippen LogP contribution in [-0.4, -0.2) is 36.4 Å². The van der Waals surface area contributed by atoms with Crippen LogP contribution < -0.4 is 5.56 Å². The number of azo groups is 1. The van der Waals surface area contributed by atoms with Gasteiger partial charge in [-0.05, 0) is 36.8 Å². The van der Waals surface area contributed by atoms with Crippen LogP contribution in [0, 0.1) is 0 Å². The maximum atomic E-state index is 12.8. The van der Waals surface area contributed by atoms with Gasteiger partial charge in [0.2, 0.25) is 11.8 Å². The van der Waals surface area contributed by atoms with Crippen molar-refractivity contribution < 1.29 is 19.8 Å². The lowest BCUT2D eigenvalue weighted by atomic mass is 10.1. The van der Waals surface area contributed by atoms with Gasteiger partial charge < -0.3 is 10.2 Å². The molecular formula is C27H21N5O5. The molecule has 2 amide bonds. The Labute approximate surface area is 209 Å². The number of benzene rings is 3. The Hall–Kier alpha value is -5.12. The number of aromatic nitrogens is 3. The summed E-state index contributed by atoms with van der Waals surface area (Å²) in [5.74, 6) is -2.05. The predicted molar refractivity (Wildman–Crippen MR) is 136 cm³/mol. The van der Waals surface area contributed by atoms with Gasteiger partial charge in [-0.3, -0.25) is 19.0 Å². The van der Waals surface area contributed by atoms with Crippen molar-refractivity contribution in [2.75, 3.05) is 0 Å². The predicted octanol–water partition coefficient (Wildman–Crippen LogP) is 4.26. The summed E-state index contributed by atoms with van der Waals surface area (Å²) in [5.41, 5.74) is 0.503. The molecule has 2 N–H and O–H groups in total. The molecule has 184 valence electrons. The molecule has 2 heterocycles. The molecule has 0 unspecified atom stereocenters. The maximum Gasteiger partial charge on any atom is 0.316 e. The molecule has 0 aliphatic rings. The van der Waals surface area contributed by atoms with Crippen LogP contribution in [0.4, 0.5) is 0 Å². The highest BCUT2D eigenvalue weighted by molar-refractivity contribution is 6.06. The molecule has 10 heteroatoms. The van der Waals surface area contributed by atoms with Crippen LogP contribution in [0.5, 0.6) is 11.8 Å². The van der Waals surface area contributed by atoms with Crippen molar-refractivity contribution in [1.82, 2.24) is 14.3 Å². The lowest BCUT2D eigenvalue weighted by molar-refractivity contribution is 0.0944. The molecule has 0 aliphatic heterocycles. The first-order chi connectivity index (χ1) is 17.9. The van der Waals surface area contributed by atoms with Gasteiger partial charge in [0, 0.05) is 28.3 Å². The van der Waals surface area contributed by atoms with E-state index >= 15 is 0 Å². The molecule has 0 saturated heterocycles. The first-order valence-corrected chi connectivity index (χ1v) is 11.5. The van der Waals surface area contributed by atoms with E-state index < -0.39 is 11.8 Å². The molecule has 0 aliphatic carbocycles. The van der Waals surface area contributed by atoms with Gasteiger partial charge in [-0.2, -0.15) is 5.10 Å². The molecule has 0 fully saturated rings. The number of amides is 2. The van der Waals surface area contributed by atoms with E-state index in [-0.39, 0.29) is 47.1 Å². The van der Waals surface area contributed by atoms with Crippen LogP contribution >= 0.6 is 0 Å². The van der Waals surface area contributed by atoms with Crippen LogP contribution in [-0.2, 0) is 13.1 Å². The second-order valence-corrected chi connectivity index (χ2v) is 8.30. The molecule has 10 nitrogen and oxygen atoms in total. The number of aryl methyl sites for hydroxylation is 1. The van der Waals surface area contributed by atoms with Gasteiger partial charge in [0.1, 0.15) is 0 Å². The van der Waals surface area contributed by atoms with Gasteiger partial charge in [-0.25, -0.2) is 4.68 Å². The Bertz CT molecular complexity index is 1770. The summed E-state index contributed by atoms with van der Waals surface area (Å²) in [7, 11) is 0. The molecule has 37 heavy (non-hydrogen) atoms. The second kappa shape index (κ2) is 9.50. The van der Waals surface area contributed by atoms with Crippen LogP contribution in [0.25, 0.3) is 21.5 Å². The minimum Gasteiger partial charge on any atom is -0.494 e. The molecular weight excluding hydrogens is 474 g/mol. The summed E-state index contributed by atoms with van der Waals surface area (Å²) in [6.07, 6.45) is 0. The number of carbonyl (C=O) groups excluding carboxylic acids is 2. The summed E-state index contributed by atoms with van der Waals surface area (Å²) in [6, 6.07) is 20.1. The number of nitrogens with zero attached hydrogens (tertiary/aromatic N) is 5. The number of carbonyl (C=O) groups is 2. The number of hydrogen-bond donors (Lipinski definition) is 2. The highest BCUT2D eigenvalue weighted by atomic mass is 16.3. The van der Waals surface area contributed by atoms with Crippen molar-refractivity contribution in [3.63, 3.8) is 0 Å². The average Bonchev–Trinajstić information content (AvgIpc) is 3.16. The van der Waals surface area contributed by atoms with Crippen molar-refractivity contribution in [2.24, 2.45) is 10.2 Å². The van der Waals surface area contributed by atoms with Gasteiger partial charge in [0.05, 0.1) is 11.9 Å². The third kappa shape index (κ3) is 4.25. The van der Waals surface area contributed by atoms with Gasteiger partial charge in [0.25, 0.3) is 11.5 Å². The fraction of sp³-hybridized carbons (Fsp3) is 0.111. The van der Waals surface area contributed by atoms with Crippen molar-refractivity contribution in [3.8, 4) is 11.8 Å². The lowest BCUT2D eigenvalue weighted by Crippen LogP contribution is -2.24. The summed E-state index contributed by atoms with van der Waals surface area (Å²) in [6.45, 7) is 2.20. The molecule has 2 aromatic heterocycles. The van der Waals surface area contributed by atoms with E-state index in [1.807, 2.05) is 30.3 Å². The van der Waals surface area contributed by atoms with Gasteiger partial charge >= 0.3 is 5.91 Å². The van der Waals surface area contributed by atoms with Crippen LogP contribution in [0.2, 0.25) is 0 Å². The zero-order chi connectivity index (χ0) is 26.1. The molecule has 5 aromatic rings. The minimum absolute atomic E-state index is 0.0626. The monoisotopic (exact) mass is 495 g/mol. The van der Waals surface area contributed by atoms with Gasteiger partial charge in [0.15, 0.2) is 5.69 Å². The van der Waals surface area contributed by atoms with E-state index in [9.17, 15) is 24.6 Å². The Kier molecular flexibility index (Phi) is 6.06. The fourth-order valence-corrected chi connectivity index (χ4v) is 4.17.